The molecule has 1 aliphatic rings. The van der Waals surface area contributed by atoms with Gasteiger partial charge in [0.15, 0.2) is 0 Å². The highest BCUT2D eigenvalue weighted by Gasteiger charge is 2.49. The molecule has 0 bridgehead atoms. The van der Waals surface area contributed by atoms with Gasteiger partial charge in [-0.05, 0) is 42.8 Å². The normalized spacial score (nSPS) is 18.1. The number of imide groups is 1. The Morgan fingerprint density at radius 3 is 2.29 bits per heavy atom. The van der Waals surface area contributed by atoms with Crippen LogP contribution in [0.4, 0.5) is 10.5 Å². The van der Waals surface area contributed by atoms with Crippen LogP contribution in [-0.4, -0.2) is 22.7 Å². The Kier molecular flexibility index (Phi) is 5.61. The molecule has 1 heterocycles. The summed E-state index contributed by atoms with van der Waals surface area (Å²) in [6.07, 6.45) is 0. The van der Waals surface area contributed by atoms with Crippen molar-refractivity contribution in [3.05, 3.63) is 100 Å². The highest BCUT2D eigenvalue weighted by Crippen LogP contribution is 2.34. The van der Waals surface area contributed by atoms with Gasteiger partial charge in [0.1, 0.15) is 5.54 Å². The van der Waals surface area contributed by atoms with Crippen molar-refractivity contribution in [2.45, 2.75) is 19.0 Å². The average Bonchev–Trinajstić information content (AvgIpc) is 2.99. The largest absolute Gasteiger partial charge is 0.325 e. The lowest BCUT2D eigenvalue weighted by atomic mass is 9.92. The fourth-order valence-corrected chi connectivity index (χ4v) is 4.24. The van der Waals surface area contributed by atoms with Gasteiger partial charge in [0.05, 0.1) is 6.54 Å². The highest BCUT2D eigenvalue weighted by molar-refractivity contribution is 9.10. The molecule has 4 amide bonds. The number of nitrogens with one attached hydrogen (secondary N) is 2. The summed E-state index contributed by atoms with van der Waals surface area (Å²) in [6, 6.07) is 22.9. The molecule has 0 radical (unpaired) electrons. The summed E-state index contributed by atoms with van der Waals surface area (Å²) < 4.78 is 0.752. The topological polar surface area (TPSA) is 78.5 Å². The van der Waals surface area contributed by atoms with Crippen LogP contribution in [0, 0.1) is 0 Å². The fourth-order valence-electron chi connectivity index (χ4n) is 3.56. The van der Waals surface area contributed by atoms with E-state index in [0.29, 0.717) is 16.8 Å². The molecular weight excluding hydrogens is 458 g/mol. The summed E-state index contributed by atoms with van der Waals surface area (Å²) in [6.45, 7) is 1.82. The van der Waals surface area contributed by atoms with Crippen LogP contribution in [0.3, 0.4) is 0 Å². The standard InChI is InChI=1S/C24H20BrN3O3/c1-24(19-9-5-6-10-20(19)25)22(30)28(23(31)27-24)15-16-11-13-17(14-12-16)21(29)26-18-7-3-2-4-8-18/h2-14H,15H2,1H3,(H,26,29)(H,27,31). The summed E-state index contributed by atoms with van der Waals surface area (Å²) in [4.78, 5) is 39.3. The molecular formula is C24H20BrN3O3. The number of para-hydroxylation sites is 1. The number of nitrogens with zero attached hydrogens (tertiary/aromatic N) is 1. The number of hydrogen-bond donors (Lipinski definition) is 2. The molecule has 1 saturated heterocycles. The number of rotatable bonds is 5. The number of carbonyl (C=O) groups excluding carboxylic acids is 3. The van der Waals surface area contributed by atoms with E-state index in [1.54, 1.807) is 31.2 Å². The van der Waals surface area contributed by atoms with Crippen LogP contribution in [0.2, 0.25) is 0 Å². The molecule has 1 unspecified atom stereocenters. The number of halogens is 1. The van der Waals surface area contributed by atoms with Crippen molar-refractivity contribution in [3.63, 3.8) is 0 Å². The van der Waals surface area contributed by atoms with Crippen molar-refractivity contribution in [1.29, 1.82) is 0 Å². The van der Waals surface area contributed by atoms with Crippen LogP contribution < -0.4 is 10.6 Å². The molecule has 0 aliphatic carbocycles. The molecule has 0 aromatic heterocycles. The molecule has 6 nitrogen and oxygen atoms in total. The van der Waals surface area contributed by atoms with Gasteiger partial charge < -0.3 is 10.6 Å². The van der Waals surface area contributed by atoms with E-state index in [-0.39, 0.29) is 18.4 Å². The van der Waals surface area contributed by atoms with Gasteiger partial charge in [-0.25, -0.2) is 4.79 Å². The Labute approximate surface area is 188 Å². The van der Waals surface area contributed by atoms with Crippen LogP contribution in [0.15, 0.2) is 83.3 Å². The van der Waals surface area contributed by atoms with Crippen LogP contribution in [0.1, 0.15) is 28.4 Å². The first-order valence-electron chi connectivity index (χ1n) is 9.73. The van der Waals surface area contributed by atoms with Gasteiger partial charge in [-0.15, -0.1) is 0 Å². The van der Waals surface area contributed by atoms with E-state index in [2.05, 4.69) is 26.6 Å². The smallest absolute Gasteiger partial charge is 0.322 e. The molecule has 156 valence electrons. The van der Waals surface area contributed by atoms with Gasteiger partial charge in [0, 0.05) is 21.3 Å². The number of benzene rings is 3. The van der Waals surface area contributed by atoms with Crippen LogP contribution in [-0.2, 0) is 16.9 Å². The zero-order valence-electron chi connectivity index (χ0n) is 16.8. The van der Waals surface area contributed by atoms with Crippen molar-refractivity contribution >= 4 is 39.5 Å². The van der Waals surface area contributed by atoms with E-state index in [1.165, 1.54) is 4.90 Å². The predicted molar refractivity (Wildman–Crippen MR) is 121 cm³/mol. The molecule has 3 aromatic carbocycles. The summed E-state index contributed by atoms with van der Waals surface area (Å²) >= 11 is 3.46. The molecule has 3 aromatic rings. The Bertz CT molecular complexity index is 1150. The third-order valence-corrected chi connectivity index (χ3v) is 5.97. The maximum atomic E-state index is 13.1. The molecule has 1 atom stereocenters. The summed E-state index contributed by atoms with van der Waals surface area (Å²) in [5.74, 6) is -0.551. The van der Waals surface area contributed by atoms with E-state index in [1.807, 2.05) is 54.6 Å². The van der Waals surface area contributed by atoms with Crippen molar-refractivity contribution in [1.82, 2.24) is 10.2 Å². The SMILES string of the molecule is CC1(c2ccccc2Br)NC(=O)N(Cc2ccc(C(=O)Nc3ccccc3)cc2)C1=O. The highest BCUT2D eigenvalue weighted by atomic mass is 79.9. The van der Waals surface area contributed by atoms with Crippen LogP contribution >= 0.6 is 15.9 Å². The van der Waals surface area contributed by atoms with Gasteiger partial charge in [-0.1, -0.05) is 64.5 Å². The summed E-state index contributed by atoms with van der Waals surface area (Å²) in [7, 11) is 0. The third-order valence-electron chi connectivity index (χ3n) is 5.28. The number of hydrogen-bond acceptors (Lipinski definition) is 3. The van der Waals surface area contributed by atoms with E-state index in [0.717, 1.165) is 10.0 Å². The first-order chi connectivity index (χ1) is 14.9. The molecule has 1 aliphatic heterocycles. The van der Waals surface area contributed by atoms with Gasteiger partial charge in [-0.2, -0.15) is 0 Å². The van der Waals surface area contributed by atoms with Crippen molar-refractivity contribution < 1.29 is 14.4 Å². The Morgan fingerprint density at radius 2 is 1.61 bits per heavy atom. The number of carbonyl (C=O) groups is 3. The summed E-state index contributed by atoms with van der Waals surface area (Å²) in [5.41, 5.74) is 1.50. The monoisotopic (exact) mass is 477 g/mol. The second-order valence-corrected chi connectivity index (χ2v) is 8.30. The van der Waals surface area contributed by atoms with Crippen molar-refractivity contribution in [2.24, 2.45) is 0 Å². The van der Waals surface area contributed by atoms with E-state index < -0.39 is 11.6 Å². The fraction of sp³-hybridized carbons (Fsp3) is 0.125. The second-order valence-electron chi connectivity index (χ2n) is 7.44. The molecule has 7 heteroatoms. The van der Waals surface area contributed by atoms with Gasteiger partial charge in [0.2, 0.25) is 0 Å². The van der Waals surface area contributed by atoms with Crippen LogP contribution in [0.5, 0.6) is 0 Å². The molecule has 0 spiro atoms. The van der Waals surface area contributed by atoms with Crippen molar-refractivity contribution in [2.75, 3.05) is 5.32 Å². The lowest BCUT2D eigenvalue weighted by molar-refractivity contribution is -0.131. The van der Waals surface area contributed by atoms with E-state index >= 15 is 0 Å². The summed E-state index contributed by atoms with van der Waals surface area (Å²) in [5, 5.41) is 5.63. The van der Waals surface area contributed by atoms with Crippen LogP contribution in [0.25, 0.3) is 0 Å². The number of anilines is 1. The van der Waals surface area contributed by atoms with E-state index in [4.69, 9.17) is 0 Å². The van der Waals surface area contributed by atoms with E-state index in [9.17, 15) is 14.4 Å². The van der Waals surface area contributed by atoms with Gasteiger partial charge in [-0.3, -0.25) is 14.5 Å². The first-order valence-corrected chi connectivity index (χ1v) is 10.5. The first kappa shape index (κ1) is 20.8. The maximum Gasteiger partial charge on any atom is 0.325 e. The zero-order chi connectivity index (χ0) is 22.0. The molecule has 4 rings (SSSR count). The quantitative estimate of drug-likeness (QED) is 0.524. The second kappa shape index (κ2) is 8.35. The Balaban J connectivity index is 1.48. The molecule has 1 fully saturated rings. The minimum Gasteiger partial charge on any atom is -0.322 e. The lowest BCUT2D eigenvalue weighted by Gasteiger charge is -2.23. The molecule has 2 N–H and O–H groups in total. The minimum absolute atomic E-state index is 0.116. The lowest BCUT2D eigenvalue weighted by Crippen LogP contribution is -2.41. The molecule has 31 heavy (non-hydrogen) atoms. The maximum absolute atomic E-state index is 13.1. The Morgan fingerprint density at radius 1 is 0.968 bits per heavy atom. The number of amides is 4. The average molecular weight is 478 g/mol. The predicted octanol–water partition coefficient (Wildman–Crippen LogP) is 4.67. The van der Waals surface area contributed by atoms with Gasteiger partial charge >= 0.3 is 6.03 Å². The minimum atomic E-state index is -1.15. The van der Waals surface area contributed by atoms with Crippen molar-refractivity contribution in [3.8, 4) is 0 Å². The molecule has 0 saturated carbocycles. The third kappa shape index (κ3) is 4.09. The number of urea groups is 1. The Hall–Kier alpha value is -3.45. The zero-order valence-corrected chi connectivity index (χ0v) is 18.3. The van der Waals surface area contributed by atoms with Gasteiger partial charge in [0.25, 0.3) is 11.8 Å².